The van der Waals surface area contributed by atoms with Crippen LogP contribution in [0.1, 0.15) is 55.4 Å². The van der Waals surface area contributed by atoms with Crippen LogP contribution in [0, 0.1) is 5.41 Å². The molecule has 1 aromatic heterocycles. The van der Waals surface area contributed by atoms with Crippen molar-refractivity contribution in [3.63, 3.8) is 0 Å². The zero-order chi connectivity index (χ0) is 25.6. The zero-order valence-corrected chi connectivity index (χ0v) is 22.5. The standard InChI is InChI=1S/C26H29Cl2N5O3/c1-26(2,3)20(9-7-15-6-8-17(27)13-18(15)28)33-25(29-30-31-33)22-21-16(10-11-32(22)4)12-19-23(24(21)34-5)36-14-35-19/h6-9,12-13,20,22H,10-11,14H2,1-5H3/t20-,22-/m1/s1. The molecule has 8 nitrogen and oxygen atoms in total. The van der Waals surface area contributed by atoms with Gasteiger partial charge in [0.2, 0.25) is 12.5 Å². The smallest absolute Gasteiger partial charge is 0.231 e. The van der Waals surface area contributed by atoms with Crippen LogP contribution in [0.3, 0.4) is 0 Å². The topological polar surface area (TPSA) is 74.5 Å². The van der Waals surface area contributed by atoms with E-state index >= 15 is 0 Å². The van der Waals surface area contributed by atoms with E-state index in [0.717, 1.165) is 35.5 Å². The van der Waals surface area contributed by atoms with E-state index in [0.29, 0.717) is 27.3 Å². The molecule has 0 saturated heterocycles. The van der Waals surface area contributed by atoms with E-state index in [1.165, 1.54) is 0 Å². The minimum absolute atomic E-state index is 0.159. The van der Waals surface area contributed by atoms with E-state index in [-0.39, 0.29) is 24.3 Å². The van der Waals surface area contributed by atoms with Gasteiger partial charge in [0, 0.05) is 22.2 Å². The van der Waals surface area contributed by atoms with Gasteiger partial charge < -0.3 is 14.2 Å². The first-order valence-electron chi connectivity index (χ1n) is 11.8. The van der Waals surface area contributed by atoms with E-state index in [9.17, 15) is 0 Å². The molecule has 2 aliphatic rings. The van der Waals surface area contributed by atoms with Crippen LogP contribution < -0.4 is 14.2 Å². The average molecular weight is 530 g/mol. The summed E-state index contributed by atoms with van der Waals surface area (Å²) in [4.78, 5) is 2.24. The van der Waals surface area contributed by atoms with Gasteiger partial charge in [-0.3, -0.25) is 4.90 Å². The zero-order valence-electron chi connectivity index (χ0n) is 21.0. The molecular formula is C26H29Cl2N5O3. The molecule has 0 spiro atoms. The summed E-state index contributed by atoms with van der Waals surface area (Å²) in [7, 11) is 3.73. The molecular weight excluding hydrogens is 501 g/mol. The highest BCUT2D eigenvalue weighted by molar-refractivity contribution is 6.35. The summed E-state index contributed by atoms with van der Waals surface area (Å²) in [6.45, 7) is 7.50. The van der Waals surface area contributed by atoms with E-state index in [4.69, 9.17) is 37.4 Å². The van der Waals surface area contributed by atoms with Crippen molar-refractivity contribution in [2.24, 2.45) is 5.41 Å². The summed E-state index contributed by atoms with van der Waals surface area (Å²) in [5.41, 5.74) is 2.82. The normalized spacial score (nSPS) is 18.5. The third kappa shape index (κ3) is 4.42. The van der Waals surface area contributed by atoms with Gasteiger partial charge in [-0.2, -0.15) is 0 Å². The highest BCUT2D eigenvalue weighted by atomic mass is 35.5. The van der Waals surface area contributed by atoms with Gasteiger partial charge >= 0.3 is 0 Å². The number of tetrazole rings is 1. The predicted octanol–water partition coefficient (Wildman–Crippen LogP) is 5.60. The van der Waals surface area contributed by atoms with Gasteiger partial charge in [0.25, 0.3) is 0 Å². The Morgan fingerprint density at radius 2 is 2.00 bits per heavy atom. The van der Waals surface area contributed by atoms with Gasteiger partial charge in [0.1, 0.15) is 6.04 Å². The number of benzene rings is 2. The van der Waals surface area contributed by atoms with Gasteiger partial charge in [0.05, 0.1) is 13.2 Å². The Morgan fingerprint density at radius 3 is 2.72 bits per heavy atom. The SMILES string of the molecule is COc1c2c(cc3c1[C@H](c1nnnn1[C@H](C=Cc1ccc(Cl)cc1Cl)C(C)(C)C)N(C)CC3)OCO2. The number of aromatic nitrogens is 4. The highest BCUT2D eigenvalue weighted by Crippen LogP contribution is 2.51. The summed E-state index contributed by atoms with van der Waals surface area (Å²) in [5.74, 6) is 2.73. The number of ether oxygens (including phenoxy) is 3. The molecule has 5 rings (SSSR count). The number of rotatable bonds is 5. The molecule has 0 bridgehead atoms. The Hall–Kier alpha value is -2.81. The molecule has 3 heterocycles. The lowest BCUT2D eigenvalue weighted by molar-refractivity contribution is 0.170. The second kappa shape index (κ2) is 9.57. The number of fused-ring (bicyclic) bond motifs is 2. The van der Waals surface area contributed by atoms with Gasteiger partial charge in [-0.25, -0.2) is 4.68 Å². The number of allylic oxidation sites excluding steroid dienone is 1. The van der Waals surface area contributed by atoms with Crippen LogP contribution in [0.25, 0.3) is 6.08 Å². The average Bonchev–Trinajstić information content (AvgIpc) is 3.48. The van der Waals surface area contributed by atoms with Crippen molar-refractivity contribution in [1.82, 2.24) is 25.1 Å². The predicted molar refractivity (Wildman–Crippen MR) is 139 cm³/mol. The fourth-order valence-electron chi connectivity index (χ4n) is 4.91. The van der Waals surface area contributed by atoms with Crippen LogP contribution in [0.2, 0.25) is 10.0 Å². The first-order chi connectivity index (χ1) is 17.2. The number of hydrogen-bond donors (Lipinski definition) is 0. The van der Waals surface area contributed by atoms with Crippen molar-refractivity contribution < 1.29 is 14.2 Å². The summed E-state index contributed by atoms with van der Waals surface area (Å²) in [5, 5.41) is 14.3. The number of hydrogen-bond acceptors (Lipinski definition) is 7. The number of nitrogens with zero attached hydrogens (tertiary/aromatic N) is 5. The summed E-state index contributed by atoms with van der Waals surface area (Å²) < 4.78 is 19.2. The van der Waals surface area contributed by atoms with Crippen LogP contribution in [0.5, 0.6) is 17.2 Å². The highest BCUT2D eigenvalue weighted by Gasteiger charge is 2.39. The first kappa shape index (κ1) is 24.9. The molecule has 10 heteroatoms. The van der Waals surface area contributed by atoms with Crippen LogP contribution in [-0.4, -0.2) is 52.6 Å². The van der Waals surface area contributed by atoms with Gasteiger partial charge in [0.15, 0.2) is 17.3 Å². The molecule has 0 saturated carbocycles. The molecule has 2 atom stereocenters. The van der Waals surface area contributed by atoms with Crippen molar-refractivity contribution in [2.75, 3.05) is 27.5 Å². The van der Waals surface area contributed by atoms with Crippen LogP contribution in [-0.2, 0) is 6.42 Å². The second-order valence-corrected chi connectivity index (χ2v) is 11.0. The quantitative estimate of drug-likeness (QED) is 0.426. The van der Waals surface area contributed by atoms with Crippen molar-refractivity contribution in [3.8, 4) is 17.2 Å². The van der Waals surface area contributed by atoms with E-state index in [2.05, 4.69) is 60.4 Å². The summed E-state index contributed by atoms with van der Waals surface area (Å²) in [6.07, 6.45) is 4.95. The van der Waals surface area contributed by atoms with E-state index in [1.54, 1.807) is 13.2 Å². The molecule has 0 N–H and O–H groups in total. The Kier molecular flexibility index (Phi) is 6.61. The van der Waals surface area contributed by atoms with Crippen molar-refractivity contribution >= 4 is 29.3 Å². The molecule has 0 fully saturated rings. The molecule has 2 aromatic carbocycles. The third-order valence-corrected chi connectivity index (χ3v) is 7.29. The monoisotopic (exact) mass is 529 g/mol. The molecule has 0 aliphatic carbocycles. The van der Waals surface area contributed by atoms with Gasteiger partial charge in [-0.15, -0.1) is 5.10 Å². The number of likely N-dealkylation sites (N-methyl/N-ethyl adjacent to an activating group) is 1. The number of methoxy groups -OCH3 is 1. The molecule has 0 radical (unpaired) electrons. The van der Waals surface area contributed by atoms with Crippen molar-refractivity contribution in [2.45, 2.75) is 39.3 Å². The van der Waals surface area contributed by atoms with Crippen LogP contribution >= 0.6 is 23.2 Å². The van der Waals surface area contributed by atoms with Crippen molar-refractivity contribution in [1.29, 1.82) is 0 Å². The first-order valence-corrected chi connectivity index (χ1v) is 12.5. The Morgan fingerprint density at radius 1 is 1.19 bits per heavy atom. The molecule has 36 heavy (non-hydrogen) atoms. The maximum absolute atomic E-state index is 6.43. The van der Waals surface area contributed by atoms with Crippen LogP contribution in [0.4, 0.5) is 0 Å². The molecule has 2 aliphatic heterocycles. The number of halogens is 2. The fraction of sp³-hybridized carbons (Fsp3) is 0.423. The lowest BCUT2D eigenvalue weighted by Gasteiger charge is -2.36. The Bertz CT molecular complexity index is 1320. The lowest BCUT2D eigenvalue weighted by atomic mass is 9.85. The fourth-order valence-corrected chi connectivity index (χ4v) is 5.38. The molecule has 0 amide bonds. The maximum Gasteiger partial charge on any atom is 0.231 e. The van der Waals surface area contributed by atoms with Gasteiger partial charge in [-0.05, 0) is 58.6 Å². The van der Waals surface area contributed by atoms with Crippen LogP contribution in [0.15, 0.2) is 30.3 Å². The third-order valence-electron chi connectivity index (χ3n) is 6.73. The summed E-state index contributed by atoms with van der Waals surface area (Å²) >= 11 is 12.5. The lowest BCUT2D eigenvalue weighted by Crippen LogP contribution is -2.36. The minimum Gasteiger partial charge on any atom is -0.492 e. The van der Waals surface area contributed by atoms with Gasteiger partial charge in [-0.1, -0.05) is 62.2 Å². The molecule has 3 aromatic rings. The minimum atomic E-state index is -0.231. The molecule has 0 unspecified atom stereocenters. The van der Waals surface area contributed by atoms with E-state index < -0.39 is 0 Å². The van der Waals surface area contributed by atoms with Crippen molar-refractivity contribution in [3.05, 3.63) is 62.9 Å². The second-order valence-electron chi connectivity index (χ2n) is 10.2. The largest absolute Gasteiger partial charge is 0.492 e. The Balaban J connectivity index is 1.61. The van der Waals surface area contributed by atoms with E-state index in [1.807, 2.05) is 22.9 Å². The summed E-state index contributed by atoms with van der Waals surface area (Å²) in [6, 6.07) is 7.13. The maximum atomic E-state index is 6.43. The Labute approximate surface area is 220 Å². The molecule has 190 valence electrons.